The average Bonchev–Trinajstić information content (AvgIpc) is 2.41. The van der Waals surface area contributed by atoms with E-state index in [0.717, 1.165) is 4.47 Å². The molecule has 0 aliphatic heterocycles. The predicted octanol–water partition coefficient (Wildman–Crippen LogP) is 3.95. The first-order chi connectivity index (χ1) is 9.90. The van der Waals surface area contributed by atoms with Gasteiger partial charge in [0.05, 0.1) is 10.6 Å². The molecule has 0 aromatic heterocycles. The highest BCUT2D eigenvalue weighted by atomic mass is 79.9. The van der Waals surface area contributed by atoms with Gasteiger partial charge in [-0.2, -0.15) is 0 Å². The van der Waals surface area contributed by atoms with Gasteiger partial charge in [-0.05, 0) is 46.3 Å². The van der Waals surface area contributed by atoms with Gasteiger partial charge in [0.1, 0.15) is 11.3 Å². The van der Waals surface area contributed by atoms with Crippen molar-refractivity contribution in [1.29, 1.82) is 0 Å². The number of nitrogens with one attached hydrogen (secondary N) is 1. The highest BCUT2D eigenvalue weighted by Crippen LogP contribution is 2.29. The monoisotopic (exact) mass is 413 g/mol. The first-order valence-corrected chi connectivity index (χ1v) is 7.28. The number of nitro benzene ring substituents is 1. The van der Waals surface area contributed by atoms with Crippen LogP contribution in [0.3, 0.4) is 0 Å². The molecule has 0 aliphatic carbocycles. The lowest BCUT2D eigenvalue weighted by Gasteiger charge is -2.09. The van der Waals surface area contributed by atoms with E-state index >= 15 is 0 Å². The van der Waals surface area contributed by atoms with Gasteiger partial charge in [-0.15, -0.1) is 0 Å². The zero-order chi connectivity index (χ0) is 15.6. The third-order valence-corrected chi connectivity index (χ3v) is 3.82. The molecule has 108 valence electrons. The number of anilines is 2. The molecule has 3 N–H and O–H groups in total. The van der Waals surface area contributed by atoms with Crippen LogP contribution in [0.15, 0.2) is 45.3 Å². The molecule has 0 radical (unpaired) electrons. The summed E-state index contributed by atoms with van der Waals surface area (Å²) in [7, 11) is 0. The number of nitro groups is 1. The van der Waals surface area contributed by atoms with Gasteiger partial charge in [-0.3, -0.25) is 14.9 Å². The van der Waals surface area contributed by atoms with E-state index in [1.54, 1.807) is 18.2 Å². The van der Waals surface area contributed by atoms with Crippen LogP contribution in [0.4, 0.5) is 17.1 Å². The molecule has 0 bridgehead atoms. The molecule has 0 fully saturated rings. The van der Waals surface area contributed by atoms with Crippen molar-refractivity contribution in [3.63, 3.8) is 0 Å². The number of carbonyl (C=O) groups is 1. The van der Waals surface area contributed by atoms with Crippen molar-refractivity contribution in [1.82, 2.24) is 0 Å². The van der Waals surface area contributed by atoms with Crippen molar-refractivity contribution in [3.05, 3.63) is 61.0 Å². The number of amides is 1. The van der Waals surface area contributed by atoms with Gasteiger partial charge in [0.15, 0.2) is 0 Å². The van der Waals surface area contributed by atoms with Crippen LogP contribution < -0.4 is 11.1 Å². The van der Waals surface area contributed by atoms with E-state index in [1.807, 2.05) is 0 Å². The molecule has 0 saturated carbocycles. The van der Waals surface area contributed by atoms with E-state index in [0.29, 0.717) is 10.2 Å². The van der Waals surface area contributed by atoms with Gasteiger partial charge in [0.2, 0.25) is 0 Å². The Balaban J connectivity index is 2.37. The van der Waals surface area contributed by atoms with Crippen molar-refractivity contribution in [2.75, 3.05) is 11.1 Å². The average molecular weight is 415 g/mol. The fourth-order valence-electron chi connectivity index (χ4n) is 1.73. The van der Waals surface area contributed by atoms with E-state index < -0.39 is 16.5 Å². The molecule has 1 amide bonds. The van der Waals surface area contributed by atoms with Gasteiger partial charge in [-0.1, -0.05) is 22.0 Å². The number of nitrogen functional groups attached to an aromatic ring is 1. The summed E-state index contributed by atoms with van der Waals surface area (Å²) in [5, 5.41) is 13.7. The number of rotatable bonds is 3. The van der Waals surface area contributed by atoms with E-state index in [1.165, 1.54) is 18.2 Å². The van der Waals surface area contributed by atoms with Crippen molar-refractivity contribution in [3.8, 4) is 0 Å². The van der Waals surface area contributed by atoms with Crippen LogP contribution in [0.2, 0.25) is 0 Å². The Morgan fingerprint density at radius 1 is 1.24 bits per heavy atom. The second-order valence-corrected chi connectivity index (χ2v) is 5.85. The molecule has 0 saturated heterocycles. The number of benzene rings is 2. The standard InChI is InChI=1S/C13H9Br2N3O3/c14-7-4-5-11(9(15)6-7)17-13(19)8-2-1-3-10(16)12(8)18(20)21/h1-6H,16H2,(H,17,19). The zero-order valence-electron chi connectivity index (χ0n) is 10.5. The molecule has 0 spiro atoms. The number of carbonyl (C=O) groups excluding carboxylic acids is 1. The molecule has 2 aromatic rings. The maximum atomic E-state index is 12.2. The highest BCUT2D eigenvalue weighted by molar-refractivity contribution is 9.11. The molecule has 21 heavy (non-hydrogen) atoms. The third-order valence-electron chi connectivity index (χ3n) is 2.67. The van der Waals surface area contributed by atoms with E-state index in [9.17, 15) is 14.9 Å². The van der Waals surface area contributed by atoms with Crippen LogP contribution in [0.5, 0.6) is 0 Å². The molecular formula is C13H9Br2N3O3. The summed E-state index contributed by atoms with van der Waals surface area (Å²) < 4.78 is 1.49. The molecular weight excluding hydrogens is 406 g/mol. The van der Waals surface area contributed by atoms with Crippen molar-refractivity contribution in [2.24, 2.45) is 0 Å². The number of nitrogens with two attached hydrogens (primary N) is 1. The van der Waals surface area contributed by atoms with Gasteiger partial charge >= 0.3 is 5.69 Å². The minimum absolute atomic E-state index is 0.0532. The fraction of sp³-hybridized carbons (Fsp3) is 0. The lowest BCUT2D eigenvalue weighted by molar-refractivity contribution is -0.384. The van der Waals surface area contributed by atoms with Crippen molar-refractivity contribution < 1.29 is 9.72 Å². The van der Waals surface area contributed by atoms with E-state index in [-0.39, 0.29) is 11.3 Å². The quantitative estimate of drug-likeness (QED) is 0.451. The number of hydrogen-bond acceptors (Lipinski definition) is 4. The maximum Gasteiger partial charge on any atom is 0.304 e. The van der Waals surface area contributed by atoms with Crippen LogP contribution in [0.25, 0.3) is 0 Å². The number of nitrogens with zero attached hydrogens (tertiary/aromatic N) is 1. The number of halogens is 2. The summed E-state index contributed by atoms with van der Waals surface area (Å²) in [5.74, 6) is -0.600. The first-order valence-electron chi connectivity index (χ1n) is 5.69. The summed E-state index contributed by atoms with van der Waals surface area (Å²) in [6.45, 7) is 0. The summed E-state index contributed by atoms with van der Waals surface area (Å²) in [4.78, 5) is 22.6. The van der Waals surface area contributed by atoms with Crippen LogP contribution in [0.1, 0.15) is 10.4 Å². The molecule has 0 atom stereocenters. The van der Waals surface area contributed by atoms with Crippen LogP contribution >= 0.6 is 31.9 Å². The highest BCUT2D eigenvalue weighted by Gasteiger charge is 2.23. The SMILES string of the molecule is Nc1cccc(C(=O)Nc2ccc(Br)cc2Br)c1[N+](=O)[O-]. The molecule has 2 rings (SSSR count). The Morgan fingerprint density at radius 2 is 1.95 bits per heavy atom. The Morgan fingerprint density at radius 3 is 2.57 bits per heavy atom. The molecule has 6 nitrogen and oxygen atoms in total. The lowest BCUT2D eigenvalue weighted by atomic mass is 10.1. The Hall–Kier alpha value is -1.93. The van der Waals surface area contributed by atoms with E-state index in [4.69, 9.17) is 5.73 Å². The van der Waals surface area contributed by atoms with Gasteiger partial charge in [0, 0.05) is 8.95 Å². The smallest absolute Gasteiger partial charge is 0.304 e. The topological polar surface area (TPSA) is 98.3 Å². The molecule has 0 heterocycles. The lowest BCUT2D eigenvalue weighted by Crippen LogP contribution is -2.15. The fourth-order valence-corrected chi connectivity index (χ4v) is 2.88. The van der Waals surface area contributed by atoms with Crippen molar-refractivity contribution in [2.45, 2.75) is 0 Å². The van der Waals surface area contributed by atoms with E-state index in [2.05, 4.69) is 37.2 Å². The minimum atomic E-state index is -0.666. The molecule has 2 aromatic carbocycles. The number of para-hydroxylation sites is 1. The predicted molar refractivity (Wildman–Crippen MR) is 87.3 cm³/mol. The molecule has 0 unspecified atom stereocenters. The third kappa shape index (κ3) is 3.40. The Labute approximate surface area is 136 Å². The largest absolute Gasteiger partial charge is 0.393 e. The van der Waals surface area contributed by atoms with Gasteiger partial charge in [0.25, 0.3) is 5.91 Å². The Bertz CT molecular complexity index is 735. The second-order valence-electron chi connectivity index (χ2n) is 4.08. The zero-order valence-corrected chi connectivity index (χ0v) is 13.6. The number of hydrogen-bond donors (Lipinski definition) is 2. The normalized spacial score (nSPS) is 10.2. The summed E-state index contributed by atoms with van der Waals surface area (Å²) in [5.41, 5.74) is 5.52. The minimum Gasteiger partial charge on any atom is -0.393 e. The maximum absolute atomic E-state index is 12.2. The van der Waals surface area contributed by atoms with Gasteiger partial charge in [-0.25, -0.2) is 0 Å². The molecule has 0 aliphatic rings. The van der Waals surface area contributed by atoms with Crippen LogP contribution in [0, 0.1) is 10.1 Å². The first kappa shape index (κ1) is 15.5. The summed E-state index contributed by atoms with van der Waals surface area (Å²) in [6.07, 6.45) is 0. The van der Waals surface area contributed by atoms with Crippen LogP contribution in [-0.2, 0) is 0 Å². The van der Waals surface area contributed by atoms with Crippen LogP contribution in [-0.4, -0.2) is 10.8 Å². The summed E-state index contributed by atoms with van der Waals surface area (Å²) in [6, 6.07) is 9.40. The Kier molecular flexibility index (Phi) is 4.59. The van der Waals surface area contributed by atoms with Gasteiger partial charge < -0.3 is 11.1 Å². The molecule has 8 heteroatoms. The summed E-state index contributed by atoms with van der Waals surface area (Å²) >= 11 is 6.61. The second kappa shape index (κ2) is 6.23. The van der Waals surface area contributed by atoms with Crippen molar-refractivity contribution >= 4 is 54.8 Å².